The van der Waals surface area contributed by atoms with Crippen molar-refractivity contribution >= 4 is 23.0 Å². The third-order valence-electron chi connectivity index (χ3n) is 1.87. The Kier molecular flexibility index (Phi) is 2.39. The predicted octanol–water partition coefficient (Wildman–Crippen LogP) is 2.09. The van der Waals surface area contributed by atoms with Crippen LogP contribution in [0.2, 0.25) is 0 Å². The second-order valence-electron chi connectivity index (χ2n) is 2.97. The van der Waals surface area contributed by atoms with Gasteiger partial charge in [-0.1, -0.05) is 12.1 Å². The molecule has 3 N–H and O–H groups in total. The zero-order valence-electron chi connectivity index (χ0n) is 7.68. The van der Waals surface area contributed by atoms with E-state index in [2.05, 4.69) is 4.98 Å². The van der Waals surface area contributed by atoms with Gasteiger partial charge in [-0.25, -0.2) is 9.78 Å². The Labute approximate surface area is 90.0 Å². The van der Waals surface area contributed by atoms with E-state index in [-0.39, 0.29) is 5.01 Å². The number of carbonyl (C=O) groups is 1. The lowest BCUT2D eigenvalue weighted by Gasteiger charge is -1.97. The monoisotopic (exact) mass is 220 g/mol. The summed E-state index contributed by atoms with van der Waals surface area (Å²) in [6.07, 6.45) is 0. The molecule has 76 valence electrons. The van der Waals surface area contributed by atoms with E-state index < -0.39 is 5.97 Å². The molecule has 1 aromatic carbocycles. The SMILES string of the molecule is Nc1cccc(-c2csc(C(=O)O)n2)c1. The van der Waals surface area contributed by atoms with Gasteiger partial charge in [0, 0.05) is 16.6 Å². The van der Waals surface area contributed by atoms with Crippen molar-refractivity contribution in [3.05, 3.63) is 34.7 Å². The number of aromatic nitrogens is 1. The molecule has 0 unspecified atom stereocenters. The number of benzene rings is 1. The maximum atomic E-state index is 10.6. The summed E-state index contributed by atoms with van der Waals surface area (Å²) in [7, 11) is 0. The van der Waals surface area contributed by atoms with Crippen molar-refractivity contribution < 1.29 is 9.90 Å². The Morgan fingerprint density at radius 1 is 1.47 bits per heavy atom. The molecule has 0 radical (unpaired) electrons. The molecule has 1 aromatic heterocycles. The van der Waals surface area contributed by atoms with Gasteiger partial charge in [-0.15, -0.1) is 11.3 Å². The van der Waals surface area contributed by atoms with Gasteiger partial charge in [0.25, 0.3) is 0 Å². The summed E-state index contributed by atoms with van der Waals surface area (Å²) in [5.74, 6) is -1.00. The molecule has 0 aliphatic heterocycles. The van der Waals surface area contributed by atoms with Crippen LogP contribution in [-0.2, 0) is 0 Å². The van der Waals surface area contributed by atoms with Gasteiger partial charge in [0.05, 0.1) is 5.69 Å². The fourth-order valence-electron chi connectivity index (χ4n) is 1.20. The number of hydrogen-bond donors (Lipinski definition) is 2. The van der Waals surface area contributed by atoms with E-state index in [1.54, 1.807) is 17.5 Å². The largest absolute Gasteiger partial charge is 0.476 e. The summed E-state index contributed by atoms with van der Waals surface area (Å²) >= 11 is 1.11. The fraction of sp³-hybridized carbons (Fsp3) is 0. The van der Waals surface area contributed by atoms with Gasteiger partial charge in [0.1, 0.15) is 0 Å². The van der Waals surface area contributed by atoms with Crippen LogP contribution in [0.4, 0.5) is 5.69 Å². The molecule has 0 amide bonds. The summed E-state index contributed by atoms with van der Waals surface area (Å²) in [4.78, 5) is 14.6. The molecule has 15 heavy (non-hydrogen) atoms. The van der Waals surface area contributed by atoms with Gasteiger partial charge in [-0.05, 0) is 12.1 Å². The van der Waals surface area contributed by atoms with Crippen molar-refractivity contribution in [3.63, 3.8) is 0 Å². The first-order chi connectivity index (χ1) is 7.16. The number of hydrogen-bond acceptors (Lipinski definition) is 4. The summed E-state index contributed by atoms with van der Waals surface area (Å²) in [5, 5.41) is 10.5. The number of thiazole rings is 1. The van der Waals surface area contributed by atoms with Crippen LogP contribution in [0, 0.1) is 0 Å². The van der Waals surface area contributed by atoms with E-state index in [1.165, 1.54) is 0 Å². The molecule has 1 heterocycles. The zero-order valence-corrected chi connectivity index (χ0v) is 8.49. The molecule has 0 bridgehead atoms. The summed E-state index contributed by atoms with van der Waals surface area (Å²) in [6.45, 7) is 0. The summed E-state index contributed by atoms with van der Waals surface area (Å²) in [6, 6.07) is 7.19. The van der Waals surface area contributed by atoms with Crippen molar-refractivity contribution in [2.45, 2.75) is 0 Å². The van der Waals surface area contributed by atoms with E-state index in [4.69, 9.17) is 10.8 Å². The molecule has 4 nitrogen and oxygen atoms in total. The lowest BCUT2D eigenvalue weighted by Crippen LogP contribution is -1.94. The first-order valence-corrected chi connectivity index (χ1v) is 5.09. The third kappa shape index (κ3) is 1.97. The number of nitrogens with zero attached hydrogens (tertiary/aromatic N) is 1. The lowest BCUT2D eigenvalue weighted by atomic mass is 10.1. The normalized spacial score (nSPS) is 10.1. The highest BCUT2D eigenvalue weighted by molar-refractivity contribution is 7.11. The van der Waals surface area contributed by atoms with Gasteiger partial charge in [0.15, 0.2) is 0 Å². The highest BCUT2D eigenvalue weighted by Gasteiger charge is 2.09. The molecule has 2 aromatic rings. The van der Waals surface area contributed by atoms with Gasteiger partial charge in [0.2, 0.25) is 5.01 Å². The molecule has 0 fully saturated rings. The maximum Gasteiger partial charge on any atom is 0.365 e. The first-order valence-electron chi connectivity index (χ1n) is 4.21. The summed E-state index contributed by atoms with van der Waals surface area (Å²) in [5.41, 5.74) is 7.73. The molecule has 2 rings (SSSR count). The van der Waals surface area contributed by atoms with Gasteiger partial charge in [-0.3, -0.25) is 0 Å². The Morgan fingerprint density at radius 3 is 2.87 bits per heavy atom. The van der Waals surface area contributed by atoms with Crippen molar-refractivity contribution in [2.24, 2.45) is 0 Å². The molecule has 0 aliphatic rings. The molecule has 0 spiro atoms. The number of carboxylic acid groups (broad SMARTS) is 1. The number of anilines is 1. The van der Waals surface area contributed by atoms with Crippen LogP contribution in [0.1, 0.15) is 9.80 Å². The van der Waals surface area contributed by atoms with Gasteiger partial charge >= 0.3 is 5.97 Å². The van der Waals surface area contributed by atoms with Crippen molar-refractivity contribution in [1.82, 2.24) is 4.98 Å². The molecular formula is C10H8N2O2S. The minimum atomic E-state index is -1.00. The van der Waals surface area contributed by atoms with E-state index >= 15 is 0 Å². The van der Waals surface area contributed by atoms with Crippen molar-refractivity contribution in [2.75, 3.05) is 5.73 Å². The van der Waals surface area contributed by atoms with Crippen molar-refractivity contribution in [3.8, 4) is 11.3 Å². The Morgan fingerprint density at radius 2 is 2.27 bits per heavy atom. The Hall–Kier alpha value is -1.88. The maximum absolute atomic E-state index is 10.6. The van der Waals surface area contributed by atoms with E-state index in [0.29, 0.717) is 11.4 Å². The second kappa shape index (κ2) is 3.70. The molecule has 0 saturated heterocycles. The topological polar surface area (TPSA) is 76.2 Å². The molecule has 0 aliphatic carbocycles. The van der Waals surface area contributed by atoms with Crippen LogP contribution >= 0.6 is 11.3 Å². The number of nitrogen functional groups attached to an aromatic ring is 1. The van der Waals surface area contributed by atoms with E-state index in [9.17, 15) is 4.79 Å². The minimum absolute atomic E-state index is 0.0902. The smallest absolute Gasteiger partial charge is 0.365 e. The average molecular weight is 220 g/mol. The third-order valence-corrected chi connectivity index (χ3v) is 2.70. The van der Waals surface area contributed by atoms with E-state index in [1.807, 2.05) is 12.1 Å². The van der Waals surface area contributed by atoms with Crippen LogP contribution in [0.3, 0.4) is 0 Å². The first kappa shape index (κ1) is 9.67. The van der Waals surface area contributed by atoms with Crippen LogP contribution in [-0.4, -0.2) is 16.1 Å². The lowest BCUT2D eigenvalue weighted by molar-refractivity contribution is 0.0696. The number of aromatic carboxylic acids is 1. The standard InChI is InChI=1S/C10H8N2O2S/c11-7-3-1-2-6(4-7)8-5-15-9(12-8)10(13)14/h1-5H,11H2,(H,13,14). The fourth-order valence-corrected chi connectivity index (χ4v) is 1.87. The number of nitrogens with two attached hydrogens (primary N) is 1. The molecule has 0 atom stereocenters. The molecule has 0 saturated carbocycles. The Bertz CT molecular complexity index is 508. The van der Waals surface area contributed by atoms with Crippen LogP contribution in [0.5, 0.6) is 0 Å². The number of rotatable bonds is 2. The molecular weight excluding hydrogens is 212 g/mol. The van der Waals surface area contributed by atoms with Crippen molar-refractivity contribution in [1.29, 1.82) is 0 Å². The Balaban J connectivity index is 2.41. The van der Waals surface area contributed by atoms with Gasteiger partial charge in [-0.2, -0.15) is 0 Å². The average Bonchev–Trinajstić information content (AvgIpc) is 2.66. The zero-order chi connectivity index (χ0) is 10.8. The molecule has 5 heteroatoms. The van der Waals surface area contributed by atoms with E-state index in [0.717, 1.165) is 16.9 Å². The number of carboxylic acids is 1. The highest BCUT2D eigenvalue weighted by Crippen LogP contribution is 2.23. The highest BCUT2D eigenvalue weighted by atomic mass is 32.1. The quantitative estimate of drug-likeness (QED) is 0.760. The summed E-state index contributed by atoms with van der Waals surface area (Å²) < 4.78 is 0. The van der Waals surface area contributed by atoms with Gasteiger partial charge < -0.3 is 10.8 Å². The van der Waals surface area contributed by atoms with Crippen LogP contribution < -0.4 is 5.73 Å². The predicted molar refractivity (Wildman–Crippen MR) is 58.9 cm³/mol. The van der Waals surface area contributed by atoms with Crippen LogP contribution in [0.25, 0.3) is 11.3 Å². The minimum Gasteiger partial charge on any atom is -0.476 e. The van der Waals surface area contributed by atoms with Crippen LogP contribution in [0.15, 0.2) is 29.6 Å². The second-order valence-corrected chi connectivity index (χ2v) is 3.83.